The van der Waals surface area contributed by atoms with E-state index in [-0.39, 0.29) is 0 Å². The third-order valence-corrected chi connectivity index (χ3v) is 12.7. The van der Waals surface area contributed by atoms with Gasteiger partial charge >= 0.3 is 0 Å². The number of para-hydroxylation sites is 3. The van der Waals surface area contributed by atoms with Crippen LogP contribution in [0.5, 0.6) is 0 Å². The fourth-order valence-electron chi connectivity index (χ4n) is 8.96. The fourth-order valence-corrected chi connectivity index (χ4v) is 10.2. The summed E-state index contributed by atoms with van der Waals surface area (Å²) in [7, 11) is 0. The quantitative estimate of drug-likeness (QED) is 0.172. The van der Waals surface area contributed by atoms with Crippen LogP contribution >= 0.6 is 11.3 Å². The maximum Gasteiger partial charge on any atom is 0.0715 e. The molecule has 4 heteroatoms. The van der Waals surface area contributed by atoms with E-state index in [1.54, 1.807) is 0 Å². The van der Waals surface area contributed by atoms with Gasteiger partial charge in [0.15, 0.2) is 0 Å². The van der Waals surface area contributed by atoms with E-state index in [0.29, 0.717) is 0 Å². The zero-order valence-corrected chi connectivity index (χ0v) is 31.6. The van der Waals surface area contributed by atoms with Crippen LogP contribution < -0.4 is 0 Å². The lowest BCUT2D eigenvalue weighted by Gasteiger charge is -2.12. The second-order valence-corrected chi connectivity index (χ2v) is 15.8. The first-order chi connectivity index (χ1) is 28.3. The van der Waals surface area contributed by atoms with Crippen LogP contribution in [-0.2, 0) is 0 Å². The van der Waals surface area contributed by atoms with Gasteiger partial charge in [0.2, 0.25) is 0 Å². The second-order valence-electron chi connectivity index (χ2n) is 14.7. The van der Waals surface area contributed by atoms with Crippen molar-refractivity contribution in [1.29, 1.82) is 0 Å². The average Bonchev–Trinajstić information content (AvgIpc) is 3.95. The molecule has 3 nitrogen and oxygen atoms in total. The molecule has 0 aliphatic heterocycles. The van der Waals surface area contributed by atoms with Gasteiger partial charge in [0.1, 0.15) is 0 Å². The van der Waals surface area contributed by atoms with Crippen LogP contribution in [0.25, 0.3) is 109 Å². The number of benzene rings is 8. The van der Waals surface area contributed by atoms with Crippen LogP contribution in [0.1, 0.15) is 0 Å². The topological polar surface area (TPSA) is 22.8 Å². The maximum absolute atomic E-state index is 5.12. The van der Waals surface area contributed by atoms with Gasteiger partial charge in [0.25, 0.3) is 0 Å². The minimum atomic E-state index is 0.964. The fraction of sp³-hybridized carbons (Fsp3) is 0. The lowest BCUT2D eigenvalue weighted by atomic mass is 10.00. The van der Waals surface area contributed by atoms with Crippen LogP contribution in [0.15, 0.2) is 200 Å². The van der Waals surface area contributed by atoms with E-state index >= 15 is 0 Å². The van der Waals surface area contributed by atoms with Crippen molar-refractivity contribution in [1.82, 2.24) is 14.1 Å². The third-order valence-electron chi connectivity index (χ3n) is 11.5. The molecule has 0 bridgehead atoms. The molecule has 0 radical (unpaired) electrons. The summed E-state index contributed by atoms with van der Waals surface area (Å²) in [6, 6.07) is 72.2. The first-order valence-corrected chi connectivity index (χ1v) is 20.2. The van der Waals surface area contributed by atoms with Gasteiger partial charge in [-0.05, 0) is 71.8 Å². The molecule has 0 N–H and O–H groups in total. The Labute approximate surface area is 333 Å². The summed E-state index contributed by atoms with van der Waals surface area (Å²) in [5.74, 6) is 0. The van der Waals surface area contributed by atoms with E-state index in [1.807, 2.05) is 11.3 Å². The van der Waals surface area contributed by atoms with E-state index in [2.05, 4.69) is 209 Å². The van der Waals surface area contributed by atoms with Crippen LogP contribution in [-0.4, -0.2) is 14.1 Å². The van der Waals surface area contributed by atoms with E-state index in [0.717, 1.165) is 39.3 Å². The summed E-state index contributed by atoms with van der Waals surface area (Å²) in [6.07, 6.45) is 0. The Kier molecular flexibility index (Phi) is 7.10. The summed E-state index contributed by atoms with van der Waals surface area (Å²) >= 11 is 1.91. The minimum absolute atomic E-state index is 0.964. The number of rotatable bonds is 5. The summed E-state index contributed by atoms with van der Waals surface area (Å²) < 4.78 is 7.52. The SMILES string of the molecule is c1ccc(-c2cc(-c3ccc(-n4c5ccccc5c5ccc6sc7c(ccc8c7c7ccccc7n8-c7ccccc7)c6c54)cc3)cc(-c3ccccc3)n2)cc1. The molecule has 266 valence electrons. The molecule has 0 fully saturated rings. The van der Waals surface area contributed by atoms with Crippen LogP contribution in [0.2, 0.25) is 0 Å². The van der Waals surface area contributed by atoms with Crippen LogP contribution in [0, 0.1) is 0 Å². The lowest BCUT2D eigenvalue weighted by molar-refractivity contribution is 1.18. The number of nitrogens with zero attached hydrogens (tertiary/aromatic N) is 3. The monoisotopic (exact) mass is 743 g/mol. The van der Waals surface area contributed by atoms with Gasteiger partial charge in [-0.15, -0.1) is 11.3 Å². The van der Waals surface area contributed by atoms with Crippen molar-refractivity contribution >= 4 is 75.1 Å². The maximum atomic E-state index is 5.12. The molecule has 0 spiro atoms. The highest BCUT2D eigenvalue weighted by Gasteiger charge is 2.22. The van der Waals surface area contributed by atoms with E-state index in [1.165, 1.54) is 69.5 Å². The Morgan fingerprint density at radius 3 is 1.60 bits per heavy atom. The zero-order valence-electron chi connectivity index (χ0n) is 30.8. The Morgan fingerprint density at radius 2 is 0.912 bits per heavy atom. The molecule has 0 saturated heterocycles. The average molecular weight is 744 g/mol. The molecule has 12 aromatic rings. The summed E-state index contributed by atoms with van der Waals surface area (Å²) in [5, 5.41) is 7.72. The smallest absolute Gasteiger partial charge is 0.0715 e. The molecule has 0 aliphatic rings. The normalized spacial score (nSPS) is 11.9. The molecule has 4 heterocycles. The first-order valence-electron chi connectivity index (χ1n) is 19.4. The second kappa shape index (κ2) is 12.6. The summed E-state index contributed by atoms with van der Waals surface area (Å²) in [5.41, 5.74) is 13.7. The van der Waals surface area contributed by atoms with Crippen molar-refractivity contribution in [3.63, 3.8) is 0 Å². The lowest BCUT2D eigenvalue weighted by Crippen LogP contribution is -1.95. The number of hydrogen-bond acceptors (Lipinski definition) is 2. The van der Waals surface area contributed by atoms with Gasteiger partial charge in [0, 0.05) is 64.2 Å². The molecule has 0 amide bonds. The Morgan fingerprint density at radius 1 is 0.351 bits per heavy atom. The van der Waals surface area contributed by atoms with Crippen molar-refractivity contribution in [3.8, 4) is 45.0 Å². The van der Waals surface area contributed by atoms with Crippen LogP contribution in [0.4, 0.5) is 0 Å². The van der Waals surface area contributed by atoms with E-state index < -0.39 is 0 Å². The van der Waals surface area contributed by atoms with Crippen molar-refractivity contribution in [2.75, 3.05) is 0 Å². The molecule has 8 aromatic carbocycles. The van der Waals surface area contributed by atoms with E-state index in [9.17, 15) is 0 Å². The zero-order chi connectivity index (χ0) is 37.5. The molecule has 0 unspecified atom stereocenters. The molecular formula is C53H33N3S. The van der Waals surface area contributed by atoms with Gasteiger partial charge in [-0.3, -0.25) is 0 Å². The Balaban J connectivity index is 1.08. The third kappa shape index (κ3) is 4.94. The first kappa shape index (κ1) is 32.0. The predicted octanol–water partition coefficient (Wildman–Crippen LogP) is 14.6. The molecular weight excluding hydrogens is 711 g/mol. The predicted molar refractivity (Wildman–Crippen MR) is 242 cm³/mol. The largest absolute Gasteiger partial charge is 0.309 e. The number of thiophene rings is 1. The standard InChI is InChI=1S/C53H33N3S/c1-4-14-35(15-5-1)44-32-37(33-45(54-44)36-16-6-2-7-17-36)34-24-26-39(27-25-34)56-46-22-12-10-20-40(46)41-29-31-49-51(52(41)56)43-28-30-48-50(53(43)57-49)42-21-11-13-23-47(42)55(48)38-18-8-3-9-19-38/h1-33H. The number of hydrogen-bond donors (Lipinski definition) is 0. The van der Waals surface area contributed by atoms with E-state index in [4.69, 9.17) is 4.98 Å². The Bertz CT molecular complexity index is 3430. The molecule has 4 aromatic heterocycles. The molecule has 0 atom stereocenters. The van der Waals surface area contributed by atoms with Gasteiger partial charge < -0.3 is 9.13 Å². The summed E-state index contributed by atoms with van der Waals surface area (Å²) in [6.45, 7) is 0. The molecule has 0 saturated carbocycles. The van der Waals surface area contributed by atoms with Crippen molar-refractivity contribution in [3.05, 3.63) is 200 Å². The van der Waals surface area contributed by atoms with Crippen LogP contribution in [0.3, 0.4) is 0 Å². The summed E-state index contributed by atoms with van der Waals surface area (Å²) in [4.78, 5) is 5.12. The highest BCUT2D eigenvalue weighted by atomic mass is 32.1. The van der Waals surface area contributed by atoms with Crippen molar-refractivity contribution < 1.29 is 0 Å². The van der Waals surface area contributed by atoms with Gasteiger partial charge in [-0.25, -0.2) is 4.98 Å². The molecule has 57 heavy (non-hydrogen) atoms. The number of pyridine rings is 1. The van der Waals surface area contributed by atoms with Crippen molar-refractivity contribution in [2.24, 2.45) is 0 Å². The number of aromatic nitrogens is 3. The van der Waals surface area contributed by atoms with Gasteiger partial charge in [-0.1, -0.05) is 140 Å². The highest BCUT2D eigenvalue weighted by Crippen LogP contribution is 2.47. The van der Waals surface area contributed by atoms with Crippen molar-refractivity contribution in [2.45, 2.75) is 0 Å². The Hall–Kier alpha value is -7.27. The molecule has 12 rings (SSSR count). The van der Waals surface area contributed by atoms with Gasteiger partial charge in [-0.2, -0.15) is 0 Å². The minimum Gasteiger partial charge on any atom is -0.309 e. The highest BCUT2D eigenvalue weighted by molar-refractivity contribution is 7.27. The number of fused-ring (bicyclic) bond motifs is 11. The van der Waals surface area contributed by atoms with Gasteiger partial charge in [0.05, 0.1) is 33.5 Å². The molecule has 0 aliphatic carbocycles.